The van der Waals surface area contributed by atoms with Gasteiger partial charge in [0.25, 0.3) is 0 Å². The van der Waals surface area contributed by atoms with E-state index in [-0.39, 0.29) is 0 Å². The van der Waals surface area contributed by atoms with Crippen LogP contribution in [0.15, 0.2) is 0 Å². The molecule has 3 fully saturated rings. The normalized spacial score (nSPS) is 41.7. The van der Waals surface area contributed by atoms with Crippen molar-refractivity contribution in [2.45, 2.75) is 29.0 Å². The average Bonchev–Trinajstić information content (AvgIpc) is 2.77. The lowest BCUT2D eigenvalue weighted by Gasteiger charge is -2.38. The van der Waals surface area contributed by atoms with E-state index in [1.807, 2.05) is 0 Å². The summed E-state index contributed by atoms with van der Waals surface area (Å²) >= 11 is 6.51. The Bertz CT molecular complexity index is 258. The second-order valence-electron chi connectivity index (χ2n) is 5.49. The van der Waals surface area contributed by atoms with E-state index < -0.39 is 0 Å². The van der Waals surface area contributed by atoms with Crippen LogP contribution < -0.4 is 16.0 Å². The first-order chi connectivity index (χ1) is 9.43. The van der Waals surface area contributed by atoms with Gasteiger partial charge in [-0.3, -0.25) is 0 Å². The maximum atomic E-state index is 3.83. The molecule has 6 heteroatoms. The fourth-order valence-electron chi connectivity index (χ4n) is 2.94. The lowest BCUT2D eigenvalue weighted by Crippen LogP contribution is -2.55. The van der Waals surface area contributed by atoms with Gasteiger partial charge in [0.1, 0.15) is 0 Å². The van der Waals surface area contributed by atoms with Gasteiger partial charge >= 0.3 is 0 Å². The van der Waals surface area contributed by atoms with Gasteiger partial charge in [0.15, 0.2) is 0 Å². The third kappa shape index (κ3) is 4.20. The zero-order valence-corrected chi connectivity index (χ0v) is 13.8. The minimum atomic E-state index is 0.648. The predicted molar refractivity (Wildman–Crippen MR) is 90.9 cm³/mol. The van der Waals surface area contributed by atoms with Gasteiger partial charge in [0.2, 0.25) is 0 Å². The van der Waals surface area contributed by atoms with Gasteiger partial charge in [-0.15, -0.1) is 0 Å². The SMILES string of the molecule is C1CNCC(C2CNC(C3CSCCS3)CS2)NC1. The summed E-state index contributed by atoms with van der Waals surface area (Å²) in [6.45, 7) is 4.66. The smallest absolute Gasteiger partial charge is 0.0338 e. The summed E-state index contributed by atoms with van der Waals surface area (Å²) < 4.78 is 0. The average molecular weight is 320 g/mol. The lowest BCUT2D eigenvalue weighted by molar-refractivity contribution is 0.449. The number of hydrogen-bond acceptors (Lipinski definition) is 6. The Morgan fingerprint density at radius 1 is 0.789 bits per heavy atom. The quantitative estimate of drug-likeness (QED) is 0.701. The standard InChI is InChI=1S/C13H25N3S3/c1-2-14-6-10(15-3-1)12-7-16-11(8-19-12)13-9-17-4-5-18-13/h10-16H,1-9H2. The predicted octanol–water partition coefficient (Wildman–Crippen LogP) is 0.860. The van der Waals surface area contributed by atoms with Gasteiger partial charge in [0, 0.05) is 58.7 Å². The van der Waals surface area contributed by atoms with Crippen molar-refractivity contribution in [1.29, 1.82) is 0 Å². The van der Waals surface area contributed by atoms with Gasteiger partial charge in [-0.1, -0.05) is 0 Å². The Balaban J connectivity index is 1.45. The number of rotatable bonds is 2. The maximum Gasteiger partial charge on any atom is 0.0338 e. The summed E-state index contributed by atoms with van der Waals surface area (Å²) in [5.41, 5.74) is 0. The minimum absolute atomic E-state index is 0.648. The Hall–Kier alpha value is 0.930. The van der Waals surface area contributed by atoms with Crippen LogP contribution in [0.1, 0.15) is 6.42 Å². The van der Waals surface area contributed by atoms with Gasteiger partial charge in [0.05, 0.1) is 0 Å². The van der Waals surface area contributed by atoms with Crippen LogP contribution in [0.2, 0.25) is 0 Å². The highest BCUT2D eigenvalue weighted by Crippen LogP contribution is 2.31. The molecule has 3 saturated heterocycles. The highest BCUT2D eigenvalue weighted by molar-refractivity contribution is 8.06. The molecule has 110 valence electrons. The summed E-state index contributed by atoms with van der Waals surface area (Å²) in [4.78, 5) is 0. The molecule has 4 unspecified atom stereocenters. The first-order valence-electron chi connectivity index (χ1n) is 7.42. The Kier molecular flexibility index (Phi) is 6.10. The molecular formula is C13H25N3S3. The summed E-state index contributed by atoms with van der Waals surface area (Å²) in [6, 6.07) is 1.38. The van der Waals surface area contributed by atoms with E-state index in [1.54, 1.807) is 0 Å². The fraction of sp³-hybridized carbons (Fsp3) is 1.00. The van der Waals surface area contributed by atoms with E-state index in [2.05, 4.69) is 51.2 Å². The van der Waals surface area contributed by atoms with Gasteiger partial charge in [-0.25, -0.2) is 0 Å². The van der Waals surface area contributed by atoms with Crippen molar-refractivity contribution in [2.75, 3.05) is 49.2 Å². The van der Waals surface area contributed by atoms with Crippen LogP contribution in [0.4, 0.5) is 0 Å². The molecule has 0 amide bonds. The molecule has 3 aliphatic heterocycles. The van der Waals surface area contributed by atoms with Crippen molar-refractivity contribution in [1.82, 2.24) is 16.0 Å². The van der Waals surface area contributed by atoms with Gasteiger partial charge in [-0.05, 0) is 19.5 Å². The zero-order chi connectivity index (χ0) is 12.9. The molecule has 0 saturated carbocycles. The number of thioether (sulfide) groups is 3. The Morgan fingerprint density at radius 2 is 1.79 bits per heavy atom. The molecule has 3 nitrogen and oxygen atoms in total. The van der Waals surface area contributed by atoms with Crippen LogP contribution in [-0.4, -0.2) is 71.8 Å². The molecule has 4 atom stereocenters. The molecular weight excluding hydrogens is 294 g/mol. The van der Waals surface area contributed by atoms with Crippen molar-refractivity contribution in [3.63, 3.8) is 0 Å². The summed E-state index contributed by atoms with van der Waals surface area (Å²) in [7, 11) is 0. The topological polar surface area (TPSA) is 36.1 Å². The van der Waals surface area contributed by atoms with E-state index >= 15 is 0 Å². The van der Waals surface area contributed by atoms with Crippen LogP contribution in [0.25, 0.3) is 0 Å². The molecule has 0 aromatic rings. The van der Waals surface area contributed by atoms with Crippen LogP contribution in [0, 0.1) is 0 Å². The molecule has 0 aliphatic carbocycles. The van der Waals surface area contributed by atoms with Gasteiger partial charge < -0.3 is 16.0 Å². The molecule has 0 spiro atoms. The second kappa shape index (κ2) is 7.80. The molecule has 3 rings (SSSR count). The molecule has 3 heterocycles. The van der Waals surface area contributed by atoms with Crippen molar-refractivity contribution in [2.24, 2.45) is 0 Å². The first-order valence-corrected chi connectivity index (χ1v) is 10.7. The summed E-state index contributed by atoms with van der Waals surface area (Å²) in [5.74, 6) is 5.33. The highest BCUT2D eigenvalue weighted by atomic mass is 32.2. The van der Waals surface area contributed by atoms with Crippen molar-refractivity contribution >= 4 is 35.3 Å². The molecule has 0 aromatic heterocycles. The third-order valence-corrected chi connectivity index (χ3v) is 8.51. The Labute approximate surface area is 129 Å². The molecule has 3 N–H and O–H groups in total. The van der Waals surface area contributed by atoms with Crippen LogP contribution in [0.5, 0.6) is 0 Å². The number of hydrogen-bond donors (Lipinski definition) is 3. The maximum absolute atomic E-state index is 3.83. The van der Waals surface area contributed by atoms with E-state index in [9.17, 15) is 0 Å². The highest BCUT2D eigenvalue weighted by Gasteiger charge is 2.32. The second-order valence-corrected chi connectivity index (χ2v) is 9.26. The van der Waals surface area contributed by atoms with Crippen molar-refractivity contribution < 1.29 is 0 Å². The monoisotopic (exact) mass is 319 g/mol. The van der Waals surface area contributed by atoms with E-state index in [4.69, 9.17) is 0 Å². The van der Waals surface area contributed by atoms with Crippen LogP contribution >= 0.6 is 35.3 Å². The van der Waals surface area contributed by atoms with Crippen LogP contribution in [0.3, 0.4) is 0 Å². The van der Waals surface area contributed by atoms with Crippen molar-refractivity contribution in [3.05, 3.63) is 0 Å². The van der Waals surface area contributed by atoms with E-state index in [0.717, 1.165) is 23.1 Å². The lowest BCUT2D eigenvalue weighted by atomic mass is 10.1. The third-order valence-electron chi connectivity index (χ3n) is 4.11. The molecule has 3 aliphatic rings. The minimum Gasteiger partial charge on any atom is -0.315 e. The first kappa shape index (κ1) is 14.9. The molecule has 0 aromatic carbocycles. The van der Waals surface area contributed by atoms with E-state index in [0.29, 0.717) is 6.04 Å². The molecule has 19 heavy (non-hydrogen) atoms. The fourth-order valence-corrected chi connectivity index (χ4v) is 7.40. The van der Waals surface area contributed by atoms with Crippen molar-refractivity contribution in [3.8, 4) is 0 Å². The largest absolute Gasteiger partial charge is 0.315 e. The Morgan fingerprint density at radius 3 is 2.58 bits per heavy atom. The summed E-state index contributed by atoms with van der Waals surface area (Å²) in [5, 5.41) is 12.7. The molecule has 0 bridgehead atoms. The van der Waals surface area contributed by atoms with E-state index in [1.165, 1.54) is 49.1 Å². The summed E-state index contributed by atoms with van der Waals surface area (Å²) in [6.07, 6.45) is 1.26. The molecule has 0 radical (unpaired) electrons. The zero-order valence-electron chi connectivity index (χ0n) is 11.4. The van der Waals surface area contributed by atoms with Gasteiger partial charge in [-0.2, -0.15) is 35.3 Å². The number of nitrogens with one attached hydrogen (secondary N) is 3. The van der Waals surface area contributed by atoms with Crippen LogP contribution in [-0.2, 0) is 0 Å².